The van der Waals surface area contributed by atoms with Crippen LogP contribution in [0.4, 0.5) is 8.78 Å². The normalized spacial score (nSPS) is 28.3. The second kappa shape index (κ2) is 4.94. The van der Waals surface area contributed by atoms with E-state index < -0.39 is 0 Å². The molecule has 2 aliphatic rings. The van der Waals surface area contributed by atoms with Gasteiger partial charge < -0.3 is 5.32 Å². The summed E-state index contributed by atoms with van der Waals surface area (Å²) in [7, 11) is 0. The summed E-state index contributed by atoms with van der Waals surface area (Å²) in [4.78, 5) is 2.23. The van der Waals surface area contributed by atoms with Crippen LogP contribution < -0.4 is 5.32 Å². The molecule has 2 atom stereocenters. The highest BCUT2D eigenvalue weighted by atomic mass is 19.1. The third kappa shape index (κ3) is 2.40. The Morgan fingerprint density at radius 3 is 3.00 bits per heavy atom. The third-order valence-corrected chi connectivity index (χ3v) is 4.08. The van der Waals surface area contributed by atoms with Crippen molar-refractivity contribution in [1.29, 1.82) is 0 Å². The van der Waals surface area contributed by atoms with Crippen LogP contribution in [0.15, 0.2) is 18.2 Å². The number of halogens is 2. The van der Waals surface area contributed by atoms with Gasteiger partial charge in [-0.3, -0.25) is 4.90 Å². The van der Waals surface area contributed by atoms with Gasteiger partial charge in [-0.2, -0.15) is 0 Å². The summed E-state index contributed by atoms with van der Waals surface area (Å²) >= 11 is 0. The number of likely N-dealkylation sites (tertiary alicyclic amines) is 1. The van der Waals surface area contributed by atoms with Crippen molar-refractivity contribution in [2.24, 2.45) is 5.92 Å². The molecule has 0 unspecified atom stereocenters. The minimum atomic E-state index is -0.360. The maximum Gasteiger partial charge on any atom is 0.127 e. The van der Waals surface area contributed by atoms with Gasteiger partial charge in [0.2, 0.25) is 0 Å². The van der Waals surface area contributed by atoms with Crippen LogP contribution in [0.5, 0.6) is 0 Å². The SMILES string of the molecule is Fc1ccc(F)c(CN2C[C@@H]3CCCN[C@@H]3C2)c1. The quantitative estimate of drug-likeness (QED) is 0.867. The fourth-order valence-corrected chi connectivity index (χ4v) is 3.17. The largest absolute Gasteiger partial charge is 0.312 e. The standard InChI is InChI=1S/C14H18F2N2/c15-12-3-4-13(16)11(6-12)8-18-7-10-2-1-5-17-14(10)9-18/h3-4,6,10,14,17H,1-2,5,7-9H2/t10-,14+/m0/s1. The van der Waals surface area contributed by atoms with Gasteiger partial charge >= 0.3 is 0 Å². The van der Waals surface area contributed by atoms with Gasteiger partial charge in [0.05, 0.1) is 0 Å². The number of benzene rings is 1. The summed E-state index contributed by atoms with van der Waals surface area (Å²) in [6.07, 6.45) is 2.48. The van der Waals surface area contributed by atoms with E-state index in [1.807, 2.05) is 0 Å². The van der Waals surface area contributed by atoms with E-state index in [2.05, 4.69) is 10.2 Å². The van der Waals surface area contributed by atoms with E-state index in [0.29, 0.717) is 24.1 Å². The molecule has 1 N–H and O–H groups in total. The molecule has 1 aromatic carbocycles. The first-order valence-corrected chi connectivity index (χ1v) is 6.62. The van der Waals surface area contributed by atoms with E-state index in [0.717, 1.165) is 19.6 Å². The van der Waals surface area contributed by atoms with Crippen molar-refractivity contribution >= 4 is 0 Å². The molecule has 0 saturated carbocycles. The van der Waals surface area contributed by atoms with Gasteiger partial charge in [0.15, 0.2) is 0 Å². The molecule has 2 saturated heterocycles. The number of hydrogen-bond acceptors (Lipinski definition) is 2. The number of piperidine rings is 1. The molecule has 18 heavy (non-hydrogen) atoms. The fraction of sp³-hybridized carbons (Fsp3) is 0.571. The molecular weight excluding hydrogens is 234 g/mol. The Morgan fingerprint density at radius 1 is 1.28 bits per heavy atom. The van der Waals surface area contributed by atoms with Crippen LogP contribution in [0.25, 0.3) is 0 Å². The molecule has 2 heterocycles. The zero-order chi connectivity index (χ0) is 12.5. The van der Waals surface area contributed by atoms with Gasteiger partial charge in [0.1, 0.15) is 11.6 Å². The second-order valence-corrected chi connectivity index (χ2v) is 5.39. The van der Waals surface area contributed by atoms with Crippen LogP contribution >= 0.6 is 0 Å². The Morgan fingerprint density at radius 2 is 2.17 bits per heavy atom. The minimum Gasteiger partial charge on any atom is -0.312 e. The van der Waals surface area contributed by atoms with Crippen molar-refractivity contribution in [3.63, 3.8) is 0 Å². The summed E-state index contributed by atoms with van der Waals surface area (Å²) in [5.41, 5.74) is 0.466. The Kier molecular flexibility index (Phi) is 3.31. The number of hydrogen-bond donors (Lipinski definition) is 1. The Bertz CT molecular complexity index is 422. The van der Waals surface area contributed by atoms with Crippen LogP contribution in [0.1, 0.15) is 18.4 Å². The molecule has 2 fully saturated rings. The van der Waals surface area contributed by atoms with Gasteiger partial charge in [-0.1, -0.05) is 0 Å². The predicted molar refractivity (Wildman–Crippen MR) is 66.1 cm³/mol. The summed E-state index contributed by atoms with van der Waals surface area (Å²) in [6.45, 7) is 3.54. The van der Waals surface area contributed by atoms with Crippen molar-refractivity contribution in [3.8, 4) is 0 Å². The van der Waals surface area contributed by atoms with Crippen molar-refractivity contribution in [2.45, 2.75) is 25.4 Å². The summed E-state index contributed by atoms with van der Waals surface area (Å²) in [5.74, 6) is 0.00994. The van der Waals surface area contributed by atoms with Gasteiger partial charge in [0.25, 0.3) is 0 Å². The van der Waals surface area contributed by atoms with Crippen molar-refractivity contribution < 1.29 is 8.78 Å². The fourth-order valence-electron chi connectivity index (χ4n) is 3.17. The van der Waals surface area contributed by atoms with E-state index in [1.165, 1.54) is 31.0 Å². The lowest BCUT2D eigenvalue weighted by atomic mass is 9.94. The highest BCUT2D eigenvalue weighted by Crippen LogP contribution is 2.26. The number of nitrogens with zero attached hydrogens (tertiary/aromatic N) is 1. The molecule has 2 nitrogen and oxygen atoms in total. The summed E-state index contributed by atoms with van der Waals surface area (Å²) in [5, 5.41) is 3.51. The van der Waals surface area contributed by atoms with E-state index in [-0.39, 0.29) is 11.6 Å². The molecule has 3 rings (SSSR count). The molecule has 0 aromatic heterocycles. The average Bonchev–Trinajstić information content (AvgIpc) is 2.76. The Balaban J connectivity index is 1.68. The zero-order valence-corrected chi connectivity index (χ0v) is 10.3. The first-order chi connectivity index (χ1) is 8.72. The molecule has 0 spiro atoms. The Hall–Kier alpha value is -1.00. The first-order valence-electron chi connectivity index (χ1n) is 6.62. The van der Waals surface area contributed by atoms with Crippen LogP contribution in [-0.2, 0) is 6.54 Å². The lowest BCUT2D eigenvalue weighted by molar-refractivity contribution is 0.307. The summed E-state index contributed by atoms with van der Waals surface area (Å²) in [6, 6.07) is 4.23. The number of rotatable bonds is 2. The zero-order valence-electron chi connectivity index (χ0n) is 10.3. The lowest BCUT2D eigenvalue weighted by Crippen LogP contribution is -2.40. The molecule has 4 heteroatoms. The van der Waals surface area contributed by atoms with Crippen LogP contribution in [0.3, 0.4) is 0 Å². The minimum absolute atomic E-state index is 0.306. The van der Waals surface area contributed by atoms with E-state index in [4.69, 9.17) is 0 Å². The maximum absolute atomic E-state index is 13.6. The molecule has 2 aliphatic heterocycles. The molecular formula is C14H18F2N2. The number of nitrogens with one attached hydrogen (secondary N) is 1. The second-order valence-electron chi connectivity index (χ2n) is 5.39. The molecule has 98 valence electrons. The van der Waals surface area contributed by atoms with E-state index in [1.54, 1.807) is 0 Å². The van der Waals surface area contributed by atoms with Gasteiger partial charge in [-0.05, 0) is 43.5 Å². The smallest absolute Gasteiger partial charge is 0.127 e. The van der Waals surface area contributed by atoms with E-state index >= 15 is 0 Å². The van der Waals surface area contributed by atoms with Crippen LogP contribution in [0.2, 0.25) is 0 Å². The van der Waals surface area contributed by atoms with Crippen molar-refractivity contribution in [3.05, 3.63) is 35.4 Å². The molecule has 1 aromatic rings. The maximum atomic E-state index is 13.6. The number of fused-ring (bicyclic) bond motifs is 1. The van der Waals surface area contributed by atoms with Gasteiger partial charge in [-0.15, -0.1) is 0 Å². The van der Waals surface area contributed by atoms with Crippen LogP contribution in [-0.4, -0.2) is 30.6 Å². The van der Waals surface area contributed by atoms with Crippen LogP contribution in [0, 0.1) is 17.6 Å². The molecule has 0 radical (unpaired) electrons. The van der Waals surface area contributed by atoms with Gasteiger partial charge in [0, 0.05) is 31.2 Å². The predicted octanol–water partition coefficient (Wildman–Crippen LogP) is 2.15. The summed E-state index contributed by atoms with van der Waals surface area (Å²) < 4.78 is 26.7. The molecule has 0 bridgehead atoms. The third-order valence-electron chi connectivity index (χ3n) is 4.08. The van der Waals surface area contributed by atoms with E-state index in [9.17, 15) is 8.78 Å². The topological polar surface area (TPSA) is 15.3 Å². The lowest BCUT2D eigenvalue weighted by Gasteiger charge is -2.24. The monoisotopic (exact) mass is 252 g/mol. The van der Waals surface area contributed by atoms with Gasteiger partial charge in [-0.25, -0.2) is 8.78 Å². The molecule has 0 amide bonds. The highest BCUT2D eigenvalue weighted by molar-refractivity contribution is 5.19. The first kappa shape index (κ1) is 12.1. The van der Waals surface area contributed by atoms with Crippen molar-refractivity contribution in [1.82, 2.24) is 10.2 Å². The van der Waals surface area contributed by atoms with Crippen molar-refractivity contribution in [2.75, 3.05) is 19.6 Å². The average molecular weight is 252 g/mol. The molecule has 0 aliphatic carbocycles. The Labute approximate surface area is 106 Å². The highest BCUT2D eigenvalue weighted by Gasteiger charge is 2.34.